The van der Waals surface area contributed by atoms with Gasteiger partial charge in [0.2, 0.25) is 0 Å². The second-order valence-corrected chi connectivity index (χ2v) is 4.52. The number of ether oxygens (including phenoxy) is 1. The average molecular weight is 184 g/mol. The lowest BCUT2D eigenvalue weighted by Gasteiger charge is -2.04. The van der Waals surface area contributed by atoms with Gasteiger partial charge in [-0.25, -0.2) is 0 Å². The first-order valence-corrected chi connectivity index (χ1v) is 5.90. The van der Waals surface area contributed by atoms with Crippen LogP contribution >= 0.6 is 0 Å². The molecule has 0 aromatic rings. The van der Waals surface area contributed by atoms with Crippen molar-refractivity contribution in [3.8, 4) is 0 Å². The molecule has 0 saturated carbocycles. The Hall–Kier alpha value is -0.0400. The van der Waals surface area contributed by atoms with Crippen LogP contribution in [0.1, 0.15) is 65.7 Å². The van der Waals surface area contributed by atoms with Crippen molar-refractivity contribution in [2.45, 2.75) is 77.4 Å². The van der Waals surface area contributed by atoms with Gasteiger partial charge < -0.3 is 4.74 Å². The van der Waals surface area contributed by atoms with Gasteiger partial charge in [0.15, 0.2) is 0 Å². The van der Waals surface area contributed by atoms with Crippen LogP contribution in [0, 0.1) is 0 Å². The first-order valence-electron chi connectivity index (χ1n) is 5.90. The third-order valence-electron chi connectivity index (χ3n) is 3.13. The van der Waals surface area contributed by atoms with Crippen molar-refractivity contribution >= 4 is 0 Å². The fourth-order valence-corrected chi connectivity index (χ4v) is 1.99. The summed E-state index contributed by atoms with van der Waals surface area (Å²) in [5.41, 5.74) is 0.268. The minimum absolute atomic E-state index is 0.268. The van der Waals surface area contributed by atoms with E-state index in [1.165, 1.54) is 44.9 Å². The predicted molar refractivity (Wildman–Crippen MR) is 56.9 cm³/mol. The summed E-state index contributed by atoms with van der Waals surface area (Å²) in [6, 6.07) is 0. The molecule has 1 nitrogen and oxygen atoms in total. The molecule has 1 heteroatoms. The summed E-state index contributed by atoms with van der Waals surface area (Å²) in [7, 11) is 0. The van der Waals surface area contributed by atoms with Gasteiger partial charge in [-0.05, 0) is 19.8 Å². The predicted octanol–water partition coefficient (Wildman–Crippen LogP) is 3.91. The van der Waals surface area contributed by atoms with Crippen molar-refractivity contribution in [1.29, 1.82) is 0 Å². The van der Waals surface area contributed by atoms with Gasteiger partial charge in [0.1, 0.15) is 0 Å². The van der Waals surface area contributed by atoms with Crippen molar-refractivity contribution in [2.75, 3.05) is 0 Å². The zero-order chi connectivity index (χ0) is 9.73. The number of rotatable bonds is 7. The molecule has 2 atom stereocenters. The molecule has 1 rings (SSSR count). The van der Waals surface area contributed by atoms with E-state index in [4.69, 9.17) is 4.74 Å². The third kappa shape index (κ3) is 3.30. The first-order chi connectivity index (χ1) is 6.23. The van der Waals surface area contributed by atoms with E-state index in [0.29, 0.717) is 6.10 Å². The van der Waals surface area contributed by atoms with Gasteiger partial charge in [-0.1, -0.05) is 46.0 Å². The minimum Gasteiger partial charge on any atom is -0.366 e. The van der Waals surface area contributed by atoms with E-state index < -0.39 is 0 Å². The van der Waals surface area contributed by atoms with Gasteiger partial charge in [-0.3, -0.25) is 0 Å². The summed E-state index contributed by atoms with van der Waals surface area (Å²) in [6.45, 7) is 6.78. The highest BCUT2D eigenvalue weighted by molar-refractivity contribution is 4.98. The minimum atomic E-state index is 0.268. The Morgan fingerprint density at radius 2 is 1.77 bits per heavy atom. The van der Waals surface area contributed by atoms with E-state index in [-0.39, 0.29) is 5.60 Å². The summed E-state index contributed by atoms with van der Waals surface area (Å²) < 4.78 is 5.75. The van der Waals surface area contributed by atoms with Gasteiger partial charge in [-0.2, -0.15) is 0 Å². The highest BCUT2D eigenvalue weighted by Crippen LogP contribution is 2.43. The molecule has 0 spiro atoms. The molecular formula is C12H24O. The Morgan fingerprint density at radius 1 is 1.08 bits per heavy atom. The summed E-state index contributed by atoms with van der Waals surface area (Å²) in [5.74, 6) is 0. The van der Waals surface area contributed by atoms with Gasteiger partial charge >= 0.3 is 0 Å². The van der Waals surface area contributed by atoms with Crippen molar-refractivity contribution in [2.24, 2.45) is 0 Å². The Bertz CT molecular complexity index is 144. The SMILES string of the molecule is CCCCC[C@@]1(C)O[C@@H]1CCCC. The second-order valence-electron chi connectivity index (χ2n) is 4.52. The number of hydrogen-bond acceptors (Lipinski definition) is 1. The quantitative estimate of drug-likeness (QED) is 0.431. The zero-order valence-corrected chi connectivity index (χ0v) is 9.44. The molecule has 0 N–H and O–H groups in total. The molecule has 0 aliphatic carbocycles. The maximum atomic E-state index is 5.75. The molecule has 0 unspecified atom stereocenters. The maximum absolute atomic E-state index is 5.75. The highest BCUT2D eigenvalue weighted by atomic mass is 16.6. The van der Waals surface area contributed by atoms with Crippen molar-refractivity contribution in [3.05, 3.63) is 0 Å². The molecule has 0 aromatic carbocycles. The molecule has 1 heterocycles. The molecular weight excluding hydrogens is 160 g/mol. The summed E-state index contributed by atoms with van der Waals surface area (Å²) in [4.78, 5) is 0. The standard InChI is InChI=1S/C12H24O/c1-4-6-8-10-12(3)11(13-12)9-7-5-2/h11H,4-10H2,1-3H3/t11-,12-/m1/s1. The molecule has 13 heavy (non-hydrogen) atoms. The number of hydrogen-bond donors (Lipinski definition) is 0. The van der Waals surface area contributed by atoms with Crippen molar-refractivity contribution in [3.63, 3.8) is 0 Å². The van der Waals surface area contributed by atoms with Crippen LogP contribution in [-0.2, 0) is 4.74 Å². The topological polar surface area (TPSA) is 12.5 Å². The molecule has 0 amide bonds. The van der Waals surface area contributed by atoms with Crippen LogP contribution in [0.15, 0.2) is 0 Å². The van der Waals surface area contributed by atoms with Crippen molar-refractivity contribution < 1.29 is 4.74 Å². The van der Waals surface area contributed by atoms with Crippen LogP contribution in [0.5, 0.6) is 0 Å². The second kappa shape index (κ2) is 4.99. The molecule has 78 valence electrons. The van der Waals surface area contributed by atoms with Gasteiger partial charge in [-0.15, -0.1) is 0 Å². The van der Waals surface area contributed by atoms with E-state index in [1.54, 1.807) is 0 Å². The first kappa shape index (κ1) is 11.0. The molecule has 1 aliphatic rings. The maximum Gasteiger partial charge on any atom is 0.0920 e. The van der Waals surface area contributed by atoms with Crippen LogP contribution in [0.4, 0.5) is 0 Å². The van der Waals surface area contributed by atoms with Gasteiger partial charge in [0.25, 0.3) is 0 Å². The monoisotopic (exact) mass is 184 g/mol. The third-order valence-corrected chi connectivity index (χ3v) is 3.13. The number of unbranched alkanes of at least 4 members (excludes halogenated alkanes) is 3. The van der Waals surface area contributed by atoms with E-state index in [1.807, 2.05) is 0 Å². The molecule has 1 aliphatic heterocycles. The normalized spacial score (nSPS) is 32.1. The van der Waals surface area contributed by atoms with Crippen LogP contribution in [0.2, 0.25) is 0 Å². The van der Waals surface area contributed by atoms with Crippen LogP contribution < -0.4 is 0 Å². The molecule has 1 fully saturated rings. The van der Waals surface area contributed by atoms with E-state index in [0.717, 1.165) is 0 Å². The fourth-order valence-electron chi connectivity index (χ4n) is 1.99. The average Bonchev–Trinajstić information content (AvgIpc) is 2.75. The lowest BCUT2D eigenvalue weighted by Crippen LogP contribution is -2.09. The van der Waals surface area contributed by atoms with E-state index >= 15 is 0 Å². The van der Waals surface area contributed by atoms with Gasteiger partial charge in [0.05, 0.1) is 11.7 Å². The van der Waals surface area contributed by atoms with Gasteiger partial charge in [0, 0.05) is 0 Å². The largest absolute Gasteiger partial charge is 0.366 e. The summed E-state index contributed by atoms with van der Waals surface area (Å²) >= 11 is 0. The van der Waals surface area contributed by atoms with Crippen LogP contribution in [0.25, 0.3) is 0 Å². The highest BCUT2D eigenvalue weighted by Gasteiger charge is 2.50. The lowest BCUT2D eigenvalue weighted by atomic mass is 9.97. The molecule has 0 bridgehead atoms. The van der Waals surface area contributed by atoms with Crippen LogP contribution in [-0.4, -0.2) is 11.7 Å². The Morgan fingerprint density at radius 3 is 2.38 bits per heavy atom. The molecule has 0 aromatic heterocycles. The Kier molecular flexibility index (Phi) is 4.24. The smallest absolute Gasteiger partial charge is 0.0920 e. The summed E-state index contributed by atoms with van der Waals surface area (Å²) in [5, 5.41) is 0. The van der Waals surface area contributed by atoms with E-state index in [9.17, 15) is 0 Å². The van der Waals surface area contributed by atoms with Crippen LogP contribution in [0.3, 0.4) is 0 Å². The summed E-state index contributed by atoms with van der Waals surface area (Å²) in [6.07, 6.45) is 9.78. The Balaban J connectivity index is 2.06. The van der Waals surface area contributed by atoms with E-state index in [2.05, 4.69) is 20.8 Å². The number of epoxide rings is 1. The molecule has 1 saturated heterocycles. The Labute approximate surface area is 82.9 Å². The van der Waals surface area contributed by atoms with Crippen molar-refractivity contribution in [1.82, 2.24) is 0 Å². The lowest BCUT2D eigenvalue weighted by molar-refractivity contribution is 0.288. The fraction of sp³-hybridized carbons (Fsp3) is 1.00. The zero-order valence-electron chi connectivity index (χ0n) is 9.44. The molecule has 0 radical (unpaired) electrons.